The molecule has 0 unspecified atom stereocenters. The fraction of sp³-hybridized carbons (Fsp3) is 0.714. The van der Waals surface area contributed by atoms with Crippen molar-refractivity contribution in [1.29, 1.82) is 0 Å². The van der Waals surface area contributed by atoms with Crippen LogP contribution in [0.5, 0.6) is 0 Å². The van der Waals surface area contributed by atoms with E-state index in [0.29, 0.717) is 6.42 Å². The van der Waals surface area contributed by atoms with Gasteiger partial charge in [0.1, 0.15) is 0 Å². The van der Waals surface area contributed by atoms with E-state index >= 15 is 0 Å². The van der Waals surface area contributed by atoms with Crippen molar-refractivity contribution < 1.29 is 9.59 Å². The number of hydrogen-bond donors (Lipinski definition) is 0. The van der Waals surface area contributed by atoms with Crippen molar-refractivity contribution in [2.24, 2.45) is 0 Å². The molecule has 0 aromatic carbocycles. The molecule has 0 saturated heterocycles. The van der Waals surface area contributed by atoms with Gasteiger partial charge < -0.3 is 0 Å². The molecule has 0 atom stereocenters. The third kappa shape index (κ3) is 6.06. The smallest absolute Gasteiger partial charge is 0.198 e. The molecule has 10 heavy (non-hydrogen) atoms. The van der Waals surface area contributed by atoms with E-state index in [1.807, 2.05) is 6.92 Å². The van der Waals surface area contributed by atoms with Gasteiger partial charge in [0.05, 0.1) is 0 Å². The first kappa shape index (κ1) is 12.6. The van der Waals surface area contributed by atoms with Crippen LogP contribution in [-0.4, -0.2) is 30.4 Å². The molecule has 0 amide bonds. The summed E-state index contributed by atoms with van der Waals surface area (Å²) in [6.45, 7) is 3.31. The zero-order chi connectivity index (χ0) is 7.28. The van der Waals surface area contributed by atoms with Gasteiger partial charge in [-0.1, -0.05) is 13.3 Å². The monoisotopic (exact) mass is 135 g/mol. The molecule has 0 spiro atoms. The number of unbranched alkanes of at least 4 members (excludes halogenated alkanes) is 1. The van der Waals surface area contributed by atoms with E-state index in [4.69, 9.17) is 0 Å². The van der Waals surface area contributed by atoms with Crippen molar-refractivity contribution in [3.63, 3.8) is 0 Å². The Hall–Kier alpha value is -0.0626. The quantitative estimate of drug-likeness (QED) is 0.425. The Bertz CT molecular complexity index is 121. The molecule has 0 fully saturated rings. The molecule has 0 saturated carbocycles. The van der Waals surface area contributed by atoms with Crippen molar-refractivity contribution in [1.82, 2.24) is 0 Å². The Morgan fingerprint density at radius 3 is 2.10 bits per heavy atom. The summed E-state index contributed by atoms with van der Waals surface area (Å²) in [5.41, 5.74) is 0. The summed E-state index contributed by atoms with van der Waals surface area (Å²) < 4.78 is 0. The van der Waals surface area contributed by atoms with Gasteiger partial charge in [-0.15, -0.1) is 0 Å². The standard InChI is InChI=1S/C7H12O2.Li/c1-3-4-5-7(9)6(2)8;/h3-5H2,1-2H3;. The van der Waals surface area contributed by atoms with Crippen LogP contribution in [0, 0.1) is 0 Å². The minimum atomic E-state index is -0.316. The van der Waals surface area contributed by atoms with Gasteiger partial charge in [0.25, 0.3) is 0 Å². The van der Waals surface area contributed by atoms with Crippen LogP contribution in [0.3, 0.4) is 0 Å². The number of rotatable bonds is 4. The zero-order valence-electron chi connectivity index (χ0n) is 6.94. The molecule has 0 aliphatic carbocycles. The first-order valence-electron chi connectivity index (χ1n) is 3.22. The minimum Gasteiger partial charge on any atom is -0.291 e. The van der Waals surface area contributed by atoms with Gasteiger partial charge in [0.15, 0.2) is 11.6 Å². The third-order valence-electron chi connectivity index (χ3n) is 1.15. The Labute approximate surface area is 73.5 Å². The van der Waals surface area contributed by atoms with Crippen LogP contribution in [0.25, 0.3) is 0 Å². The van der Waals surface area contributed by atoms with E-state index in [0.717, 1.165) is 12.8 Å². The number of carbonyl (C=O) groups is 2. The van der Waals surface area contributed by atoms with E-state index in [1.165, 1.54) is 6.92 Å². The first-order valence-corrected chi connectivity index (χ1v) is 3.22. The van der Waals surface area contributed by atoms with Gasteiger partial charge in [0, 0.05) is 32.2 Å². The Balaban J connectivity index is 0. The molecule has 1 radical (unpaired) electrons. The van der Waals surface area contributed by atoms with E-state index in [1.54, 1.807) is 0 Å². The Morgan fingerprint density at radius 1 is 1.30 bits per heavy atom. The number of carbonyl (C=O) groups excluding carboxylic acids is 2. The number of hydrogen-bond acceptors (Lipinski definition) is 2. The maximum absolute atomic E-state index is 10.6. The fourth-order valence-electron chi connectivity index (χ4n) is 0.513. The van der Waals surface area contributed by atoms with Crippen LogP contribution in [0.4, 0.5) is 0 Å². The predicted molar refractivity (Wildman–Crippen MR) is 41.0 cm³/mol. The summed E-state index contributed by atoms with van der Waals surface area (Å²) in [6, 6.07) is 0. The van der Waals surface area contributed by atoms with Crippen LogP contribution in [0.2, 0.25) is 0 Å². The van der Waals surface area contributed by atoms with Crippen molar-refractivity contribution >= 4 is 30.4 Å². The van der Waals surface area contributed by atoms with Crippen LogP contribution in [-0.2, 0) is 9.59 Å². The topological polar surface area (TPSA) is 34.1 Å². The molecule has 3 heteroatoms. The second kappa shape index (κ2) is 7.05. The summed E-state index contributed by atoms with van der Waals surface area (Å²) >= 11 is 0. The maximum Gasteiger partial charge on any atom is 0.198 e. The van der Waals surface area contributed by atoms with Crippen molar-refractivity contribution in [3.8, 4) is 0 Å². The fourth-order valence-corrected chi connectivity index (χ4v) is 0.513. The van der Waals surface area contributed by atoms with Crippen molar-refractivity contribution in [3.05, 3.63) is 0 Å². The number of Topliss-reactive ketones (excluding diaryl/α,β-unsaturated/α-hetero) is 2. The van der Waals surface area contributed by atoms with Crippen LogP contribution in [0.15, 0.2) is 0 Å². The van der Waals surface area contributed by atoms with E-state index in [-0.39, 0.29) is 30.4 Å². The van der Waals surface area contributed by atoms with Crippen LogP contribution < -0.4 is 0 Å². The molecule has 0 aromatic heterocycles. The molecule has 0 heterocycles. The van der Waals surface area contributed by atoms with Gasteiger partial charge >= 0.3 is 0 Å². The van der Waals surface area contributed by atoms with E-state index in [2.05, 4.69) is 0 Å². The van der Waals surface area contributed by atoms with Gasteiger partial charge in [0.2, 0.25) is 0 Å². The Kier molecular flexibility index (Phi) is 8.88. The van der Waals surface area contributed by atoms with Gasteiger partial charge in [-0.2, -0.15) is 0 Å². The van der Waals surface area contributed by atoms with Crippen LogP contribution >= 0.6 is 0 Å². The second-order valence-electron chi connectivity index (χ2n) is 2.08. The summed E-state index contributed by atoms with van der Waals surface area (Å²) in [7, 11) is 0. The predicted octanol–water partition coefficient (Wildman–Crippen LogP) is 0.954. The van der Waals surface area contributed by atoms with Gasteiger partial charge in [-0.25, -0.2) is 0 Å². The van der Waals surface area contributed by atoms with Gasteiger partial charge in [-0.3, -0.25) is 9.59 Å². The van der Waals surface area contributed by atoms with Crippen molar-refractivity contribution in [2.75, 3.05) is 0 Å². The van der Waals surface area contributed by atoms with E-state index in [9.17, 15) is 9.59 Å². The molecule has 2 nitrogen and oxygen atoms in total. The summed E-state index contributed by atoms with van der Waals surface area (Å²) in [5, 5.41) is 0. The molecule has 53 valence electrons. The minimum absolute atomic E-state index is 0. The molecule has 0 bridgehead atoms. The number of ketones is 2. The summed E-state index contributed by atoms with van der Waals surface area (Å²) in [5.74, 6) is -0.555. The molecule has 0 aromatic rings. The molecule has 0 rings (SSSR count). The average molecular weight is 135 g/mol. The average Bonchev–Trinajstić information content (AvgIpc) is 1.82. The zero-order valence-corrected chi connectivity index (χ0v) is 6.94. The Morgan fingerprint density at radius 2 is 1.80 bits per heavy atom. The first-order chi connectivity index (χ1) is 4.18. The summed E-state index contributed by atoms with van der Waals surface area (Å²) in [4.78, 5) is 20.9. The van der Waals surface area contributed by atoms with Gasteiger partial charge in [-0.05, 0) is 6.42 Å². The molecular weight excluding hydrogens is 123 g/mol. The van der Waals surface area contributed by atoms with E-state index < -0.39 is 0 Å². The molecule has 0 aliphatic rings. The van der Waals surface area contributed by atoms with Crippen LogP contribution in [0.1, 0.15) is 33.1 Å². The SMILES string of the molecule is CCCCC(=O)C(C)=O.[Li]. The maximum atomic E-state index is 10.6. The summed E-state index contributed by atoms with van der Waals surface area (Å²) in [6.07, 6.45) is 2.23. The molecule has 0 aliphatic heterocycles. The molecular formula is C7H12LiO2. The van der Waals surface area contributed by atoms with Crippen molar-refractivity contribution in [2.45, 2.75) is 33.1 Å². The largest absolute Gasteiger partial charge is 0.291 e. The molecule has 0 N–H and O–H groups in total. The normalized spacial score (nSPS) is 8.20. The second-order valence-corrected chi connectivity index (χ2v) is 2.08. The third-order valence-corrected chi connectivity index (χ3v) is 1.15.